The van der Waals surface area contributed by atoms with E-state index in [1.54, 1.807) is 6.20 Å². The lowest BCUT2D eigenvalue weighted by molar-refractivity contribution is 0.0599. The first kappa shape index (κ1) is 21.1. The van der Waals surface area contributed by atoms with E-state index in [0.717, 1.165) is 64.3 Å². The van der Waals surface area contributed by atoms with E-state index in [1.807, 2.05) is 17.0 Å². The Hall–Kier alpha value is -2.45. The van der Waals surface area contributed by atoms with Gasteiger partial charge in [0.15, 0.2) is 9.84 Å². The Kier molecular flexibility index (Phi) is 4.99. The largest absolute Gasteiger partial charge is 0.355 e. The molecule has 8 heteroatoms. The summed E-state index contributed by atoms with van der Waals surface area (Å²) in [6, 6.07) is 13.0. The van der Waals surface area contributed by atoms with Gasteiger partial charge in [-0.25, -0.2) is 13.4 Å². The van der Waals surface area contributed by atoms with Gasteiger partial charge in [0.1, 0.15) is 5.82 Å². The maximum absolute atomic E-state index is 13.0. The summed E-state index contributed by atoms with van der Waals surface area (Å²) in [6.07, 6.45) is 4.81. The third-order valence-electron chi connectivity index (χ3n) is 7.85. The zero-order chi connectivity index (χ0) is 22.6. The lowest BCUT2D eigenvalue weighted by Gasteiger charge is -2.55. The predicted octanol–water partition coefficient (Wildman–Crippen LogP) is 1.98. The van der Waals surface area contributed by atoms with Gasteiger partial charge in [0.25, 0.3) is 5.91 Å². The van der Waals surface area contributed by atoms with Gasteiger partial charge in [0, 0.05) is 56.9 Å². The molecule has 0 unspecified atom stereocenters. The molecule has 1 spiro atoms. The SMILES string of the molecule is O=C(c1ccc(N2CC3(C2)CS(=O)(=O)C3)nc1)N1CCC(N2CCc3ccccc3C2)CC1. The zero-order valence-electron chi connectivity index (χ0n) is 18.8. The van der Waals surface area contributed by atoms with Crippen LogP contribution in [0, 0.1) is 5.41 Å². The molecule has 33 heavy (non-hydrogen) atoms. The van der Waals surface area contributed by atoms with E-state index in [-0.39, 0.29) is 11.3 Å². The van der Waals surface area contributed by atoms with Crippen molar-refractivity contribution in [2.24, 2.45) is 5.41 Å². The number of hydrogen-bond acceptors (Lipinski definition) is 6. The third-order valence-corrected chi connectivity index (χ3v) is 9.96. The summed E-state index contributed by atoms with van der Waals surface area (Å²) in [5.74, 6) is 1.48. The highest BCUT2D eigenvalue weighted by Crippen LogP contribution is 2.43. The summed E-state index contributed by atoms with van der Waals surface area (Å²) in [7, 11) is -2.81. The van der Waals surface area contributed by atoms with Crippen molar-refractivity contribution < 1.29 is 13.2 Å². The Morgan fingerprint density at radius 2 is 1.70 bits per heavy atom. The number of likely N-dealkylation sites (tertiary alicyclic amines) is 1. The number of sulfone groups is 1. The summed E-state index contributed by atoms with van der Waals surface area (Å²) < 4.78 is 23.0. The molecule has 0 atom stereocenters. The molecule has 5 heterocycles. The van der Waals surface area contributed by atoms with Gasteiger partial charge in [-0.15, -0.1) is 0 Å². The van der Waals surface area contributed by atoms with Gasteiger partial charge in [-0.1, -0.05) is 24.3 Å². The number of anilines is 1. The molecule has 6 rings (SSSR count). The molecule has 0 N–H and O–H groups in total. The van der Waals surface area contributed by atoms with Crippen molar-refractivity contribution in [1.29, 1.82) is 0 Å². The average molecular weight is 467 g/mol. The van der Waals surface area contributed by atoms with Crippen LogP contribution in [0.5, 0.6) is 0 Å². The van der Waals surface area contributed by atoms with Crippen LogP contribution in [-0.2, 0) is 22.8 Å². The first-order valence-corrected chi connectivity index (χ1v) is 13.7. The molecule has 7 nitrogen and oxygen atoms in total. The van der Waals surface area contributed by atoms with E-state index in [2.05, 4.69) is 39.0 Å². The molecule has 2 aromatic rings. The number of pyridine rings is 1. The Morgan fingerprint density at radius 3 is 2.36 bits per heavy atom. The van der Waals surface area contributed by atoms with Crippen molar-refractivity contribution in [3.8, 4) is 0 Å². The molecule has 3 saturated heterocycles. The van der Waals surface area contributed by atoms with Gasteiger partial charge < -0.3 is 9.80 Å². The summed E-state index contributed by atoms with van der Waals surface area (Å²) in [4.78, 5) is 24.2. The highest BCUT2D eigenvalue weighted by Gasteiger charge is 2.56. The van der Waals surface area contributed by atoms with Crippen LogP contribution in [0.15, 0.2) is 42.6 Å². The molecule has 4 aliphatic heterocycles. The minimum absolute atomic E-state index is 0.0571. The first-order chi connectivity index (χ1) is 15.9. The third kappa shape index (κ3) is 3.93. The fourth-order valence-corrected chi connectivity index (χ4v) is 8.29. The number of carbonyl (C=O) groups is 1. The van der Waals surface area contributed by atoms with Crippen molar-refractivity contribution in [2.45, 2.75) is 31.8 Å². The number of hydrogen-bond donors (Lipinski definition) is 0. The fourth-order valence-electron chi connectivity index (χ4n) is 6.14. The van der Waals surface area contributed by atoms with E-state index in [4.69, 9.17) is 0 Å². The molecule has 0 radical (unpaired) electrons. The quantitative estimate of drug-likeness (QED) is 0.689. The predicted molar refractivity (Wildman–Crippen MR) is 127 cm³/mol. The summed E-state index contributed by atoms with van der Waals surface area (Å²) in [6.45, 7) is 5.16. The van der Waals surface area contributed by atoms with Gasteiger partial charge in [0.2, 0.25) is 0 Å². The van der Waals surface area contributed by atoms with Crippen LogP contribution in [0.25, 0.3) is 0 Å². The number of aromatic nitrogens is 1. The number of nitrogens with zero attached hydrogens (tertiary/aromatic N) is 4. The second-order valence-corrected chi connectivity index (χ2v) is 12.4. The van der Waals surface area contributed by atoms with Gasteiger partial charge in [-0.2, -0.15) is 0 Å². The first-order valence-electron chi connectivity index (χ1n) is 11.9. The van der Waals surface area contributed by atoms with Crippen LogP contribution < -0.4 is 4.90 Å². The van der Waals surface area contributed by atoms with Crippen molar-refractivity contribution in [3.05, 3.63) is 59.3 Å². The van der Waals surface area contributed by atoms with Crippen molar-refractivity contribution in [1.82, 2.24) is 14.8 Å². The minimum Gasteiger partial charge on any atom is -0.355 e. The molecule has 1 aromatic carbocycles. The number of rotatable bonds is 3. The van der Waals surface area contributed by atoms with Crippen LogP contribution in [0.2, 0.25) is 0 Å². The molecule has 3 fully saturated rings. The smallest absolute Gasteiger partial charge is 0.255 e. The molecule has 1 aromatic heterocycles. The van der Waals surface area contributed by atoms with Crippen LogP contribution >= 0.6 is 0 Å². The van der Waals surface area contributed by atoms with Gasteiger partial charge >= 0.3 is 0 Å². The van der Waals surface area contributed by atoms with Crippen LogP contribution in [0.3, 0.4) is 0 Å². The number of carbonyl (C=O) groups excluding carboxylic acids is 1. The summed E-state index contributed by atoms with van der Waals surface area (Å²) >= 11 is 0. The van der Waals surface area contributed by atoms with E-state index >= 15 is 0 Å². The molecule has 4 aliphatic rings. The Labute approximate surface area is 195 Å². The van der Waals surface area contributed by atoms with E-state index in [9.17, 15) is 13.2 Å². The number of amides is 1. The Morgan fingerprint density at radius 1 is 0.970 bits per heavy atom. The standard InChI is InChI=1S/C25H30N4O3S/c30-24(20-5-6-23(26-13-20)29-15-25(16-29)17-33(31,32)18-25)27-11-8-22(9-12-27)28-10-7-19-3-1-2-4-21(19)14-28/h1-6,13,22H,7-12,14-18H2. The molecule has 0 bridgehead atoms. The van der Waals surface area contributed by atoms with Crippen LogP contribution in [0.4, 0.5) is 5.82 Å². The molecular formula is C25H30N4O3S. The highest BCUT2D eigenvalue weighted by molar-refractivity contribution is 7.92. The molecule has 0 saturated carbocycles. The zero-order valence-corrected chi connectivity index (χ0v) is 19.6. The van der Waals surface area contributed by atoms with Gasteiger partial charge in [0.05, 0.1) is 17.1 Å². The number of benzene rings is 1. The molecular weight excluding hydrogens is 436 g/mol. The number of fused-ring (bicyclic) bond motifs is 1. The van der Waals surface area contributed by atoms with Crippen LogP contribution in [0.1, 0.15) is 34.3 Å². The average Bonchev–Trinajstić information content (AvgIpc) is 2.80. The van der Waals surface area contributed by atoms with Crippen molar-refractivity contribution in [3.63, 3.8) is 0 Å². The lowest BCUT2D eigenvalue weighted by Crippen LogP contribution is -2.68. The maximum Gasteiger partial charge on any atom is 0.255 e. The van der Waals surface area contributed by atoms with Gasteiger partial charge in [-0.05, 0) is 42.5 Å². The molecule has 174 valence electrons. The van der Waals surface area contributed by atoms with Crippen LogP contribution in [-0.4, -0.2) is 79.4 Å². The minimum atomic E-state index is -2.81. The topological polar surface area (TPSA) is 73.8 Å². The lowest BCUT2D eigenvalue weighted by atomic mass is 9.83. The maximum atomic E-state index is 13.0. The Bertz CT molecular complexity index is 1150. The summed E-state index contributed by atoms with van der Waals surface area (Å²) in [5.41, 5.74) is 3.49. The van der Waals surface area contributed by atoms with Crippen molar-refractivity contribution >= 4 is 21.6 Å². The number of piperidine rings is 1. The van der Waals surface area contributed by atoms with Crippen molar-refractivity contribution in [2.75, 3.05) is 49.1 Å². The summed E-state index contributed by atoms with van der Waals surface area (Å²) in [5, 5.41) is 0. The van der Waals surface area contributed by atoms with Gasteiger partial charge in [-0.3, -0.25) is 9.69 Å². The second-order valence-electron chi connectivity index (χ2n) is 10.3. The normalized spacial score (nSPS) is 24.1. The van der Waals surface area contributed by atoms with E-state index in [1.165, 1.54) is 11.1 Å². The molecule has 0 aliphatic carbocycles. The monoisotopic (exact) mass is 466 g/mol. The molecule has 1 amide bonds. The van der Waals surface area contributed by atoms with E-state index in [0.29, 0.717) is 23.1 Å². The highest BCUT2D eigenvalue weighted by atomic mass is 32.2. The van der Waals surface area contributed by atoms with E-state index < -0.39 is 9.84 Å². The Balaban J connectivity index is 1.02. The second kappa shape index (κ2) is 7.81. The fraction of sp³-hybridized carbons (Fsp3) is 0.520.